The molecule has 1 aromatic rings. The molecule has 2 rings (SSSR count). The first-order valence-electron chi connectivity index (χ1n) is 8.37. The number of nitrogens with zero attached hydrogens (tertiary/aromatic N) is 2. The number of hydrogen-bond donors (Lipinski definition) is 1. The van der Waals surface area contributed by atoms with Gasteiger partial charge in [0.05, 0.1) is 0 Å². The van der Waals surface area contributed by atoms with Crippen LogP contribution in [0.15, 0.2) is 16.6 Å². The van der Waals surface area contributed by atoms with Crippen LogP contribution >= 0.6 is 15.9 Å². The lowest BCUT2D eigenvalue weighted by atomic mass is 10.1. The lowest BCUT2D eigenvalue weighted by Crippen LogP contribution is -2.52. The van der Waals surface area contributed by atoms with Gasteiger partial charge in [0.15, 0.2) is 0 Å². The van der Waals surface area contributed by atoms with Crippen molar-refractivity contribution in [3.8, 4) is 0 Å². The van der Waals surface area contributed by atoms with Crippen molar-refractivity contribution in [2.45, 2.75) is 40.2 Å². The second-order valence-corrected chi connectivity index (χ2v) is 8.21. The first kappa shape index (κ1) is 19.6. The second-order valence-electron chi connectivity index (χ2n) is 7.30. The van der Waals surface area contributed by atoms with Crippen molar-refractivity contribution < 1.29 is 14.3 Å². The van der Waals surface area contributed by atoms with Gasteiger partial charge >= 0.3 is 12.1 Å². The summed E-state index contributed by atoms with van der Waals surface area (Å²) in [4.78, 5) is 28.0. The largest absolute Gasteiger partial charge is 0.444 e. The monoisotopic (exact) mass is 411 g/mol. The molecule has 1 fully saturated rings. The topological polar surface area (TPSA) is 61.9 Å². The molecule has 25 heavy (non-hydrogen) atoms. The molecule has 1 N–H and O–H groups in total. The van der Waals surface area contributed by atoms with Crippen LogP contribution in [-0.4, -0.2) is 53.7 Å². The van der Waals surface area contributed by atoms with Crippen molar-refractivity contribution in [2.75, 3.05) is 31.5 Å². The van der Waals surface area contributed by atoms with Gasteiger partial charge in [0.1, 0.15) is 5.60 Å². The molecule has 7 heteroatoms. The Morgan fingerprint density at radius 2 is 1.52 bits per heavy atom. The molecule has 0 saturated carbocycles. The molecule has 0 aromatic heterocycles. The van der Waals surface area contributed by atoms with Crippen molar-refractivity contribution in [1.82, 2.24) is 9.80 Å². The maximum Gasteiger partial charge on any atom is 0.410 e. The number of hydrogen-bond acceptors (Lipinski definition) is 3. The van der Waals surface area contributed by atoms with Gasteiger partial charge in [0.2, 0.25) is 0 Å². The molecule has 0 bridgehead atoms. The number of ether oxygens (including phenoxy) is 1. The van der Waals surface area contributed by atoms with Gasteiger partial charge < -0.3 is 19.9 Å². The van der Waals surface area contributed by atoms with Crippen LogP contribution in [-0.2, 0) is 4.74 Å². The minimum atomic E-state index is -0.512. The Labute approximate surface area is 157 Å². The van der Waals surface area contributed by atoms with Gasteiger partial charge in [-0.25, -0.2) is 9.59 Å². The van der Waals surface area contributed by atoms with Gasteiger partial charge in [-0.15, -0.1) is 0 Å². The first-order chi connectivity index (χ1) is 11.6. The Hall–Kier alpha value is -1.76. The van der Waals surface area contributed by atoms with E-state index < -0.39 is 5.60 Å². The molecule has 6 nitrogen and oxygen atoms in total. The number of amides is 3. The van der Waals surface area contributed by atoms with Crippen LogP contribution in [0.25, 0.3) is 0 Å². The maximum absolute atomic E-state index is 12.5. The standard InChI is InChI=1S/C18H26BrN3O3/c1-12-10-14(19)11-13(2)15(12)20-16(23)21-6-8-22(9-7-21)17(24)25-18(3,4)5/h10-11H,6-9H2,1-5H3,(H,20,23). The van der Waals surface area contributed by atoms with Crippen LogP contribution in [0.4, 0.5) is 15.3 Å². The number of rotatable bonds is 1. The molecule has 0 unspecified atom stereocenters. The Morgan fingerprint density at radius 3 is 2.00 bits per heavy atom. The fourth-order valence-corrected chi connectivity index (χ4v) is 3.40. The van der Waals surface area contributed by atoms with E-state index >= 15 is 0 Å². The molecule has 1 aliphatic heterocycles. The van der Waals surface area contributed by atoms with Crippen molar-refractivity contribution in [1.29, 1.82) is 0 Å². The highest BCUT2D eigenvalue weighted by Crippen LogP contribution is 2.25. The summed E-state index contributed by atoms with van der Waals surface area (Å²) in [6, 6.07) is 3.81. The van der Waals surface area contributed by atoms with E-state index in [0.717, 1.165) is 21.3 Å². The molecule has 1 heterocycles. The lowest BCUT2D eigenvalue weighted by molar-refractivity contribution is 0.0174. The zero-order valence-electron chi connectivity index (χ0n) is 15.5. The Kier molecular flexibility index (Phi) is 5.98. The number of nitrogens with one attached hydrogen (secondary N) is 1. The number of aryl methyl sites for hydroxylation is 2. The van der Waals surface area contributed by atoms with Crippen LogP contribution in [0.2, 0.25) is 0 Å². The van der Waals surface area contributed by atoms with Crippen LogP contribution in [0, 0.1) is 13.8 Å². The SMILES string of the molecule is Cc1cc(Br)cc(C)c1NC(=O)N1CCN(C(=O)OC(C)(C)C)CC1. The Bertz CT molecular complexity index is 639. The third-order valence-corrected chi connectivity index (χ3v) is 4.41. The molecule has 1 saturated heterocycles. The van der Waals surface area contributed by atoms with Gasteiger partial charge in [0, 0.05) is 36.3 Å². The van der Waals surface area contributed by atoms with E-state index in [-0.39, 0.29) is 12.1 Å². The summed E-state index contributed by atoms with van der Waals surface area (Å²) in [5.41, 5.74) is 2.34. The summed E-state index contributed by atoms with van der Waals surface area (Å²) in [6.45, 7) is 11.4. The van der Waals surface area contributed by atoms with Crippen LogP contribution in [0.3, 0.4) is 0 Å². The van der Waals surface area contributed by atoms with E-state index in [1.807, 2.05) is 46.8 Å². The van der Waals surface area contributed by atoms with Crippen molar-refractivity contribution in [2.24, 2.45) is 0 Å². The zero-order valence-corrected chi connectivity index (χ0v) is 17.1. The summed E-state index contributed by atoms with van der Waals surface area (Å²) in [5.74, 6) is 0. The van der Waals surface area contributed by atoms with Gasteiger partial charge in [-0.1, -0.05) is 15.9 Å². The van der Waals surface area contributed by atoms with Crippen LogP contribution in [0.5, 0.6) is 0 Å². The number of benzene rings is 1. The highest BCUT2D eigenvalue weighted by atomic mass is 79.9. The number of piperazine rings is 1. The number of carbonyl (C=O) groups is 2. The van der Waals surface area contributed by atoms with E-state index in [9.17, 15) is 9.59 Å². The first-order valence-corrected chi connectivity index (χ1v) is 9.17. The van der Waals surface area contributed by atoms with Gasteiger partial charge in [-0.2, -0.15) is 0 Å². The maximum atomic E-state index is 12.5. The molecule has 3 amide bonds. The number of anilines is 1. The molecule has 0 atom stereocenters. The minimum Gasteiger partial charge on any atom is -0.444 e. The van der Waals surface area contributed by atoms with E-state index in [2.05, 4.69) is 21.2 Å². The van der Waals surface area contributed by atoms with Crippen molar-refractivity contribution >= 4 is 33.7 Å². The lowest BCUT2D eigenvalue weighted by Gasteiger charge is -2.35. The summed E-state index contributed by atoms with van der Waals surface area (Å²) in [7, 11) is 0. The van der Waals surface area contributed by atoms with Gasteiger partial charge in [-0.3, -0.25) is 0 Å². The molecule has 138 valence electrons. The van der Waals surface area contributed by atoms with E-state index in [4.69, 9.17) is 4.74 Å². The fraction of sp³-hybridized carbons (Fsp3) is 0.556. The van der Waals surface area contributed by atoms with Crippen LogP contribution in [0.1, 0.15) is 31.9 Å². The highest BCUT2D eigenvalue weighted by Gasteiger charge is 2.27. The third-order valence-electron chi connectivity index (χ3n) is 3.95. The van der Waals surface area contributed by atoms with Gasteiger partial charge in [0.25, 0.3) is 0 Å². The van der Waals surface area contributed by atoms with E-state index in [0.29, 0.717) is 26.2 Å². The predicted octanol–water partition coefficient (Wildman–Crippen LogP) is 4.15. The average Bonchev–Trinajstić information content (AvgIpc) is 2.49. The zero-order chi connectivity index (χ0) is 18.8. The minimum absolute atomic E-state index is 0.141. The number of carbonyl (C=O) groups excluding carboxylic acids is 2. The van der Waals surface area contributed by atoms with Crippen LogP contribution < -0.4 is 5.32 Å². The quantitative estimate of drug-likeness (QED) is 0.754. The average molecular weight is 412 g/mol. The number of urea groups is 1. The third kappa shape index (κ3) is 5.36. The molecule has 1 aliphatic rings. The fourth-order valence-electron chi connectivity index (χ4n) is 2.71. The Balaban J connectivity index is 1.93. The smallest absolute Gasteiger partial charge is 0.410 e. The van der Waals surface area contributed by atoms with Crippen molar-refractivity contribution in [3.63, 3.8) is 0 Å². The molecule has 0 spiro atoms. The second kappa shape index (κ2) is 7.64. The van der Waals surface area contributed by atoms with E-state index in [1.54, 1.807) is 9.80 Å². The molecular weight excluding hydrogens is 386 g/mol. The van der Waals surface area contributed by atoms with Crippen molar-refractivity contribution in [3.05, 3.63) is 27.7 Å². The molecule has 0 aliphatic carbocycles. The van der Waals surface area contributed by atoms with E-state index in [1.165, 1.54) is 0 Å². The summed E-state index contributed by atoms with van der Waals surface area (Å²) < 4.78 is 6.37. The molecule has 0 radical (unpaired) electrons. The molecular formula is C18H26BrN3O3. The number of halogens is 1. The predicted molar refractivity (Wildman–Crippen MR) is 102 cm³/mol. The van der Waals surface area contributed by atoms with Gasteiger partial charge in [-0.05, 0) is 57.9 Å². The Morgan fingerprint density at radius 1 is 1.04 bits per heavy atom. The normalized spacial score (nSPS) is 15.1. The highest BCUT2D eigenvalue weighted by molar-refractivity contribution is 9.10. The summed E-state index contributed by atoms with van der Waals surface area (Å²) in [5, 5.41) is 2.99. The molecule has 1 aromatic carbocycles. The summed E-state index contributed by atoms with van der Waals surface area (Å²) in [6.07, 6.45) is -0.327. The summed E-state index contributed by atoms with van der Waals surface area (Å²) >= 11 is 3.46.